The number of nitrogens with one attached hydrogen (secondary N) is 1. The number of hydrogen-bond donors (Lipinski definition) is 2. The third-order valence-corrected chi connectivity index (χ3v) is 6.87. The molecular weight excluding hydrogens is 440 g/mol. The molecule has 172 valence electrons. The van der Waals surface area contributed by atoms with Gasteiger partial charge in [-0.15, -0.1) is 0 Å². The van der Waals surface area contributed by atoms with Gasteiger partial charge in [0.2, 0.25) is 6.41 Å². The summed E-state index contributed by atoms with van der Waals surface area (Å²) in [5.74, 6) is -2.90. The largest absolute Gasteiger partial charge is 0.365 e. The van der Waals surface area contributed by atoms with Gasteiger partial charge in [-0.05, 0) is 38.4 Å². The first-order valence-corrected chi connectivity index (χ1v) is 10.9. The number of nitrogens with two attached hydrogens (primary N) is 1. The minimum Gasteiger partial charge on any atom is -0.365 e. The lowest BCUT2D eigenvalue weighted by Gasteiger charge is -2.23. The predicted octanol–water partition coefficient (Wildman–Crippen LogP) is 3.06. The quantitative estimate of drug-likeness (QED) is 0.679. The number of amides is 2. The average Bonchev–Trinajstić information content (AvgIpc) is 3.04. The molecule has 2 fully saturated rings. The number of primary amides is 1. The number of alkyl halides is 2. The maximum absolute atomic E-state index is 12.8. The van der Waals surface area contributed by atoms with Gasteiger partial charge < -0.3 is 11.1 Å². The van der Waals surface area contributed by atoms with Crippen LogP contribution in [0.5, 0.6) is 0 Å². The lowest BCUT2D eigenvalue weighted by Crippen LogP contribution is -2.32. The normalized spacial score (nSPS) is 25.6. The molecule has 2 unspecified atom stereocenters. The van der Waals surface area contributed by atoms with E-state index < -0.39 is 17.2 Å². The molecule has 10 heteroatoms. The van der Waals surface area contributed by atoms with Gasteiger partial charge >= 0.3 is 0 Å². The molecule has 3 aliphatic rings. The molecular formula is C22H26ClF2N5O2. The highest BCUT2D eigenvalue weighted by Gasteiger charge is 2.72. The van der Waals surface area contributed by atoms with Gasteiger partial charge in [0.1, 0.15) is 5.69 Å². The number of halogens is 3. The molecule has 1 aliphatic heterocycles. The van der Waals surface area contributed by atoms with E-state index in [9.17, 15) is 18.4 Å². The lowest BCUT2D eigenvalue weighted by molar-refractivity contribution is -0.110. The van der Waals surface area contributed by atoms with Crippen molar-refractivity contribution in [2.45, 2.75) is 50.7 Å². The number of benzene rings is 1. The number of hydrogen-bond acceptors (Lipinski definition) is 4. The summed E-state index contributed by atoms with van der Waals surface area (Å²) in [5, 5.41) is 7.72. The van der Waals surface area contributed by atoms with Crippen LogP contribution in [0.3, 0.4) is 0 Å². The Bertz CT molecular complexity index is 1040. The number of carbonyl (C=O) groups is 2. The van der Waals surface area contributed by atoms with E-state index in [0.29, 0.717) is 48.5 Å². The van der Waals surface area contributed by atoms with Crippen LogP contribution in [0.15, 0.2) is 24.3 Å². The van der Waals surface area contributed by atoms with Crippen LogP contribution in [0.1, 0.15) is 41.7 Å². The molecule has 1 aromatic carbocycles. The number of fused-ring (bicyclic) bond motifs is 1. The summed E-state index contributed by atoms with van der Waals surface area (Å²) >= 11 is 6.02. The Hall–Kier alpha value is -2.52. The van der Waals surface area contributed by atoms with E-state index in [0.717, 1.165) is 24.3 Å². The first kappa shape index (κ1) is 22.7. The summed E-state index contributed by atoms with van der Waals surface area (Å²) in [7, 11) is 2.01. The molecule has 7 nitrogen and oxygen atoms in total. The first-order valence-electron chi connectivity index (χ1n) is 10.6. The van der Waals surface area contributed by atoms with Gasteiger partial charge in [-0.3, -0.25) is 19.2 Å². The zero-order valence-corrected chi connectivity index (χ0v) is 18.5. The number of carbonyl (C=O) groups excluding carboxylic acids is 2. The van der Waals surface area contributed by atoms with Crippen molar-refractivity contribution in [1.82, 2.24) is 20.0 Å². The highest BCUT2D eigenvalue weighted by Crippen LogP contribution is 2.68. The standard InChI is InChI=1S/C14H15ClN4O.C8H11F2NO/c1-18-5-6-19-11(8-18)12(14(16)20)13(17-19)9-3-2-4-10(15)7-9;9-8(10)4-7(8)2-1-6(3-7)11-5-12/h2-4,7H,5-6,8H2,1H3,(H2,16,20);5-6H,1-4H2,(H,11,12). The number of aromatic nitrogens is 2. The Morgan fingerprint density at radius 1 is 1.38 bits per heavy atom. The van der Waals surface area contributed by atoms with Crippen molar-refractivity contribution < 1.29 is 18.4 Å². The van der Waals surface area contributed by atoms with Crippen LogP contribution < -0.4 is 11.1 Å². The van der Waals surface area contributed by atoms with Crippen LogP contribution in [0.2, 0.25) is 5.02 Å². The third-order valence-electron chi connectivity index (χ3n) is 6.64. The monoisotopic (exact) mass is 465 g/mol. The van der Waals surface area contributed by atoms with Crippen LogP contribution in [-0.4, -0.2) is 52.6 Å². The number of likely N-dealkylation sites (N-methyl/N-ethyl adjacent to an activating group) is 1. The smallest absolute Gasteiger partial charge is 0.254 e. The average molecular weight is 466 g/mol. The maximum Gasteiger partial charge on any atom is 0.254 e. The van der Waals surface area contributed by atoms with E-state index in [-0.39, 0.29) is 12.5 Å². The molecule has 2 amide bonds. The molecule has 1 spiro atoms. The van der Waals surface area contributed by atoms with Crippen molar-refractivity contribution >= 4 is 23.9 Å². The molecule has 2 atom stereocenters. The van der Waals surface area contributed by atoms with Crippen molar-refractivity contribution in [3.8, 4) is 11.3 Å². The van der Waals surface area contributed by atoms with E-state index in [1.807, 2.05) is 23.9 Å². The molecule has 2 heterocycles. The van der Waals surface area contributed by atoms with Crippen molar-refractivity contribution in [2.24, 2.45) is 11.1 Å². The van der Waals surface area contributed by atoms with Crippen molar-refractivity contribution in [1.29, 1.82) is 0 Å². The van der Waals surface area contributed by atoms with Crippen LogP contribution in [0, 0.1) is 5.41 Å². The zero-order chi connectivity index (χ0) is 23.1. The highest BCUT2D eigenvalue weighted by atomic mass is 35.5. The molecule has 2 saturated carbocycles. The lowest BCUT2D eigenvalue weighted by atomic mass is 10.0. The first-order chi connectivity index (χ1) is 15.2. The van der Waals surface area contributed by atoms with Crippen LogP contribution in [-0.2, 0) is 17.9 Å². The van der Waals surface area contributed by atoms with Gasteiger partial charge in [-0.25, -0.2) is 8.78 Å². The molecule has 32 heavy (non-hydrogen) atoms. The minimum absolute atomic E-state index is 0.0177. The second kappa shape index (κ2) is 8.44. The molecule has 0 radical (unpaired) electrons. The fourth-order valence-corrected chi connectivity index (χ4v) is 4.97. The van der Waals surface area contributed by atoms with E-state index in [1.54, 1.807) is 12.1 Å². The van der Waals surface area contributed by atoms with Crippen LogP contribution in [0.4, 0.5) is 8.78 Å². The Kier molecular flexibility index (Phi) is 5.98. The summed E-state index contributed by atoms with van der Waals surface area (Å²) in [6.07, 6.45) is 2.35. The molecule has 3 N–H and O–H groups in total. The Morgan fingerprint density at radius 2 is 2.12 bits per heavy atom. The Morgan fingerprint density at radius 3 is 2.72 bits per heavy atom. The van der Waals surface area contributed by atoms with Gasteiger partial charge in [0.25, 0.3) is 11.8 Å². The summed E-state index contributed by atoms with van der Waals surface area (Å²) in [5.41, 5.74) is 7.62. The molecule has 1 aromatic heterocycles. The molecule has 5 rings (SSSR count). The summed E-state index contributed by atoms with van der Waals surface area (Å²) in [6, 6.07) is 7.30. The fourth-order valence-electron chi connectivity index (χ4n) is 4.78. The summed E-state index contributed by atoms with van der Waals surface area (Å²) in [6.45, 7) is 2.33. The van der Waals surface area contributed by atoms with Crippen LogP contribution in [0.25, 0.3) is 11.3 Å². The maximum atomic E-state index is 12.8. The second-order valence-electron chi connectivity index (χ2n) is 8.89. The molecule has 0 bridgehead atoms. The van der Waals surface area contributed by atoms with Gasteiger partial charge in [0.15, 0.2) is 0 Å². The van der Waals surface area contributed by atoms with Gasteiger partial charge in [0.05, 0.1) is 17.8 Å². The molecule has 2 aromatic rings. The van der Waals surface area contributed by atoms with Gasteiger partial charge in [0, 0.05) is 41.6 Å². The van der Waals surface area contributed by atoms with Crippen molar-refractivity contribution in [3.63, 3.8) is 0 Å². The molecule has 2 aliphatic carbocycles. The number of nitrogens with zero attached hydrogens (tertiary/aromatic N) is 3. The van der Waals surface area contributed by atoms with E-state index in [1.165, 1.54) is 0 Å². The summed E-state index contributed by atoms with van der Waals surface area (Å²) in [4.78, 5) is 24.0. The second-order valence-corrected chi connectivity index (χ2v) is 9.33. The SMILES string of the molecule is CN1CCn2nc(-c3cccc(Cl)c3)c(C(N)=O)c2C1.O=CNC1CCC2(C1)CC2(F)F. The van der Waals surface area contributed by atoms with Gasteiger partial charge in [-0.1, -0.05) is 23.7 Å². The van der Waals surface area contributed by atoms with Crippen molar-refractivity contribution in [3.05, 3.63) is 40.5 Å². The molecule has 0 saturated heterocycles. The zero-order valence-electron chi connectivity index (χ0n) is 17.8. The van der Waals surface area contributed by atoms with E-state index >= 15 is 0 Å². The minimum atomic E-state index is -2.45. The fraction of sp³-hybridized carbons (Fsp3) is 0.500. The Labute approximate surface area is 189 Å². The van der Waals surface area contributed by atoms with Gasteiger partial charge in [-0.2, -0.15) is 5.10 Å². The topological polar surface area (TPSA) is 93.2 Å². The number of rotatable bonds is 4. The Balaban J connectivity index is 0.000000174. The van der Waals surface area contributed by atoms with E-state index in [4.69, 9.17) is 17.3 Å². The van der Waals surface area contributed by atoms with Crippen molar-refractivity contribution in [2.75, 3.05) is 13.6 Å². The van der Waals surface area contributed by atoms with Crippen LogP contribution >= 0.6 is 11.6 Å². The third kappa shape index (κ3) is 4.23. The predicted molar refractivity (Wildman–Crippen MR) is 116 cm³/mol. The van der Waals surface area contributed by atoms with E-state index in [2.05, 4.69) is 15.3 Å². The highest BCUT2D eigenvalue weighted by molar-refractivity contribution is 6.30. The summed E-state index contributed by atoms with van der Waals surface area (Å²) < 4.78 is 27.5.